The van der Waals surface area contributed by atoms with Gasteiger partial charge in [0, 0.05) is 51.0 Å². The lowest BCUT2D eigenvalue weighted by atomic mass is 9.66. The number of methoxy groups -OCH3 is 2. The van der Waals surface area contributed by atoms with Gasteiger partial charge in [0.1, 0.15) is 24.4 Å². The van der Waals surface area contributed by atoms with Crippen LogP contribution in [-0.2, 0) is 41.3 Å². The molecule has 5 aliphatic rings. The first-order valence-corrected chi connectivity index (χ1v) is 18.4. The van der Waals surface area contributed by atoms with Gasteiger partial charge in [-0.05, 0) is 55.2 Å². The summed E-state index contributed by atoms with van der Waals surface area (Å²) in [5.41, 5.74) is 3.03. The molecule has 2 N–H and O–H groups in total. The van der Waals surface area contributed by atoms with Gasteiger partial charge in [0.05, 0.1) is 46.1 Å². The number of hydrogen-bond acceptors (Lipinski definition) is 15. The summed E-state index contributed by atoms with van der Waals surface area (Å²) in [7, 11) is 5.97. The zero-order chi connectivity index (χ0) is 39.1. The van der Waals surface area contributed by atoms with Gasteiger partial charge in [-0.1, -0.05) is 0 Å². The number of carbonyl (C=O) groups is 3. The average molecular weight is 773 g/mol. The van der Waals surface area contributed by atoms with Gasteiger partial charge in [0.25, 0.3) is 0 Å². The number of fused-ring (bicyclic) bond motifs is 4. The third-order valence-electron chi connectivity index (χ3n) is 11.0. The van der Waals surface area contributed by atoms with Crippen molar-refractivity contribution in [2.24, 2.45) is 11.8 Å². The molecule has 2 aromatic rings. The van der Waals surface area contributed by atoms with E-state index in [9.17, 15) is 24.6 Å². The van der Waals surface area contributed by atoms with Gasteiger partial charge in [0.15, 0.2) is 29.3 Å². The SMILES string of the molecule is CCOC(=O)N(C)CCN(C)C(=O)Oc1c(OC)cc([C@@H]2c3cc4c(c(C[C@@H]5O[C@@H]6COC(C)O[C@H]6[C@H](O)[C@H]5O)c3C[C@H]3COC(=O)C32)OCO4)cc1OC. The Bertz CT molecular complexity index is 1760. The summed E-state index contributed by atoms with van der Waals surface area (Å²) in [5, 5.41) is 22.4. The lowest BCUT2D eigenvalue weighted by Gasteiger charge is -2.46. The van der Waals surface area contributed by atoms with E-state index in [1.54, 1.807) is 33.0 Å². The molecule has 7 rings (SSSR count). The zero-order valence-electron chi connectivity index (χ0n) is 31.7. The molecule has 55 heavy (non-hydrogen) atoms. The Morgan fingerprint density at radius 1 is 0.927 bits per heavy atom. The van der Waals surface area contributed by atoms with E-state index in [-0.39, 0.29) is 75.3 Å². The quantitative estimate of drug-likeness (QED) is 0.334. The minimum Gasteiger partial charge on any atom is -0.493 e. The maximum Gasteiger partial charge on any atom is 0.415 e. The summed E-state index contributed by atoms with van der Waals surface area (Å²) in [4.78, 5) is 41.4. The fourth-order valence-electron chi connectivity index (χ4n) is 8.17. The smallest absolute Gasteiger partial charge is 0.415 e. The van der Waals surface area contributed by atoms with Crippen molar-refractivity contribution in [2.75, 3.05) is 68.0 Å². The van der Waals surface area contributed by atoms with E-state index < -0.39 is 60.8 Å². The molecule has 4 heterocycles. The Labute approximate surface area is 318 Å². The molecule has 0 radical (unpaired) electrons. The molecular weight excluding hydrogens is 724 g/mol. The van der Waals surface area contributed by atoms with Crippen molar-refractivity contribution in [3.8, 4) is 28.7 Å². The van der Waals surface area contributed by atoms with Crippen LogP contribution in [0.4, 0.5) is 9.59 Å². The number of esters is 1. The van der Waals surface area contributed by atoms with E-state index in [2.05, 4.69) is 0 Å². The second kappa shape index (κ2) is 15.9. The predicted octanol–water partition coefficient (Wildman–Crippen LogP) is 2.22. The molecule has 17 nitrogen and oxygen atoms in total. The summed E-state index contributed by atoms with van der Waals surface area (Å²) in [5.74, 6) is -0.359. The molecule has 2 unspecified atom stereocenters. The van der Waals surface area contributed by atoms with E-state index in [1.807, 2.05) is 6.07 Å². The van der Waals surface area contributed by atoms with Gasteiger partial charge in [-0.15, -0.1) is 0 Å². The number of benzene rings is 2. The lowest BCUT2D eigenvalue weighted by Crippen LogP contribution is -2.62. The summed E-state index contributed by atoms with van der Waals surface area (Å²) >= 11 is 0. The number of likely N-dealkylation sites (N-methyl/N-ethyl adjacent to an activating group) is 2. The molecule has 0 saturated carbocycles. The highest BCUT2D eigenvalue weighted by Gasteiger charge is 2.51. The average Bonchev–Trinajstić information content (AvgIpc) is 3.81. The maximum atomic E-state index is 13.5. The number of aliphatic hydroxyl groups is 2. The normalized spacial score (nSPS) is 28.9. The van der Waals surface area contributed by atoms with Crippen LogP contribution in [0.5, 0.6) is 28.7 Å². The van der Waals surface area contributed by atoms with Gasteiger partial charge >= 0.3 is 18.2 Å². The van der Waals surface area contributed by atoms with Crippen molar-refractivity contribution in [2.45, 2.75) is 69.4 Å². The molecule has 1 aliphatic carbocycles. The van der Waals surface area contributed by atoms with Crippen LogP contribution < -0.4 is 23.7 Å². The van der Waals surface area contributed by atoms with Crippen LogP contribution >= 0.6 is 0 Å². The van der Waals surface area contributed by atoms with Crippen LogP contribution in [0.3, 0.4) is 0 Å². The first kappa shape index (κ1) is 38.7. The summed E-state index contributed by atoms with van der Waals surface area (Å²) in [6, 6.07) is 5.29. The van der Waals surface area contributed by atoms with E-state index in [1.165, 1.54) is 31.1 Å². The van der Waals surface area contributed by atoms with E-state index >= 15 is 0 Å². The number of hydrogen-bond donors (Lipinski definition) is 2. The van der Waals surface area contributed by atoms with Crippen LogP contribution in [0, 0.1) is 11.8 Å². The topological polar surface area (TPSA) is 190 Å². The number of ether oxygens (including phenoxy) is 10. The monoisotopic (exact) mass is 772 g/mol. The highest BCUT2D eigenvalue weighted by atomic mass is 16.7. The van der Waals surface area contributed by atoms with Crippen LogP contribution in [0.25, 0.3) is 0 Å². The Hall–Kier alpha value is -4.55. The fourth-order valence-corrected chi connectivity index (χ4v) is 8.17. The van der Waals surface area contributed by atoms with Crippen molar-refractivity contribution in [1.29, 1.82) is 0 Å². The van der Waals surface area contributed by atoms with E-state index in [0.717, 1.165) is 16.7 Å². The first-order chi connectivity index (χ1) is 26.4. The predicted molar refractivity (Wildman–Crippen MR) is 189 cm³/mol. The summed E-state index contributed by atoms with van der Waals surface area (Å²) in [6.45, 7) is 4.39. The number of aliphatic hydroxyl groups excluding tert-OH is 2. The van der Waals surface area contributed by atoms with Crippen LogP contribution in [-0.4, -0.2) is 143 Å². The number of rotatable bonds is 10. The lowest BCUT2D eigenvalue weighted by molar-refractivity contribution is -0.320. The third kappa shape index (κ3) is 7.31. The molecule has 0 aromatic heterocycles. The standard InChI is InChI=1S/C38H48N2O15/c1-7-48-37(44)39(3)8-9-40(4)38(45)55-34-25(46-5)11-19(12-26(34)47-6)29-22-13-27-33(52-17-51-27)23(21(22)10-20-15-50-36(43)30(20)29)14-24-31(41)32(42)35-28(54-24)16-49-18(2)53-35/h11-13,18,20,24,28-32,35,41-42H,7-10,14-17H2,1-6H3/t18?,20-,24-,28+,29+,30?,31-,32+,35+/m0/s1. The number of amides is 2. The molecule has 0 spiro atoms. The highest BCUT2D eigenvalue weighted by molar-refractivity contribution is 5.79. The Morgan fingerprint density at radius 3 is 2.33 bits per heavy atom. The molecule has 3 fully saturated rings. The molecule has 17 heteroatoms. The van der Waals surface area contributed by atoms with Gasteiger partial charge in [-0.2, -0.15) is 0 Å². The molecule has 3 saturated heterocycles. The highest BCUT2D eigenvalue weighted by Crippen LogP contribution is 2.54. The van der Waals surface area contributed by atoms with Gasteiger partial charge in [-0.25, -0.2) is 9.59 Å². The number of nitrogens with zero attached hydrogens (tertiary/aromatic N) is 2. The Kier molecular flexibility index (Phi) is 11.2. The Morgan fingerprint density at radius 2 is 1.64 bits per heavy atom. The van der Waals surface area contributed by atoms with E-state index in [0.29, 0.717) is 23.5 Å². The second-order valence-corrected chi connectivity index (χ2v) is 14.3. The van der Waals surface area contributed by atoms with Gasteiger partial charge in [0.2, 0.25) is 12.5 Å². The first-order valence-electron chi connectivity index (χ1n) is 18.4. The third-order valence-corrected chi connectivity index (χ3v) is 11.0. The van der Waals surface area contributed by atoms with Crippen molar-refractivity contribution < 1.29 is 72.0 Å². The minimum atomic E-state index is -1.27. The van der Waals surface area contributed by atoms with Crippen LogP contribution in [0.2, 0.25) is 0 Å². The molecule has 2 amide bonds. The molecule has 9 atom stereocenters. The van der Waals surface area contributed by atoms with Crippen LogP contribution in [0.15, 0.2) is 18.2 Å². The zero-order valence-corrected chi connectivity index (χ0v) is 31.7. The summed E-state index contributed by atoms with van der Waals surface area (Å²) < 4.78 is 57.6. The molecular formula is C38H48N2O15. The number of carbonyl (C=O) groups excluding carboxylic acids is 3. The van der Waals surface area contributed by atoms with Crippen molar-refractivity contribution in [1.82, 2.24) is 9.80 Å². The molecule has 2 aromatic carbocycles. The van der Waals surface area contributed by atoms with Gasteiger partial charge < -0.3 is 67.4 Å². The van der Waals surface area contributed by atoms with Crippen LogP contribution in [0.1, 0.15) is 42.0 Å². The fraction of sp³-hybridized carbons (Fsp3) is 0.605. The number of cyclic esters (lactones) is 1. The largest absolute Gasteiger partial charge is 0.493 e. The van der Waals surface area contributed by atoms with Crippen molar-refractivity contribution >= 4 is 18.2 Å². The maximum absolute atomic E-state index is 13.5. The van der Waals surface area contributed by atoms with E-state index in [4.69, 9.17) is 47.4 Å². The molecule has 4 aliphatic heterocycles. The molecule has 0 bridgehead atoms. The minimum absolute atomic E-state index is 0.0268. The van der Waals surface area contributed by atoms with Crippen molar-refractivity contribution in [3.05, 3.63) is 40.5 Å². The van der Waals surface area contributed by atoms with Gasteiger partial charge in [-0.3, -0.25) is 4.79 Å². The van der Waals surface area contributed by atoms with Crippen molar-refractivity contribution in [3.63, 3.8) is 0 Å². The second-order valence-electron chi connectivity index (χ2n) is 14.3. The summed E-state index contributed by atoms with van der Waals surface area (Å²) in [6.07, 6.45) is -5.81. The molecule has 300 valence electrons. The Balaban J connectivity index is 1.22.